The molecule has 2 heterocycles. The Hall–Kier alpha value is -2.68. The average Bonchev–Trinajstić information content (AvgIpc) is 3.05. The van der Waals surface area contributed by atoms with Gasteiger partial charge in [-0.3, -0.25) is 4.68 Å². The molecule has 25 heavy (non-hydrogen) atoms. The monoisotopic (exact) mass is 360 g/mol. The molecule has 0 unspecified atom stereocenters. The fraction of sp³-hybridized carbons (Fsp3) is 0.312. The van der Waals surface area contributed by atoms with Gasteiger partial charge in [0.1, 0.15) is 11.2 Å². The third-order valence-corrected chi connectivity index (χ3v) is 5.65. The zero-order chi connectivity index (χ0) is 18.2. The fourth-order valence-electron chi connectivity index (χ4n) is 2.69. The third kappa shape index (κ3) is 3.41. The Balaban J connectivity index is 1.82. The first-order valence-electron chi connectivity index (χ1n) is 7.75. The molecule has 2 aromatic heterocycles. The van der Waals surface area contributed by atoms with Crippen molar-refractivity contribution in [1.29, 1.82) is 0 Å². The van der Waals surface area contributed by atoms with Crippen molar-refractivity contribution < 1.29 is 8.42 Å². The smallest absolute Gasteiger partial charge is 0.267 e. The van der Waals surface area contributed by atoms with Crippen molar-refractivity contribution in [2.24, 2.45) is 7.05 Å². The second kappa shape index (κ2) is 6.32. The molecule has 0 radical (unpaired) electrons. The Labute approximate surface area is 146 Å². The van der Waals surface area contributed by atoms with Crippen LogP contribution in [0, 0.1) is 20.8 Å². The van der Waals surface area contributed by atoms with Gasteiger partial charge in [-0.15, -0.1) is 5.10 Å². The number of sulfonamides is 1. The minimum Gasteiger partial charge on any atom is -0.271 e. The van der Waals surface area contributed by atoms with Crippen LogP contribution in [0.5, 0.6) is 0 Å². The molecule has 9 heteroatoms. The number of anilines is 1. The molecule has 0 amide bonds. The molecular formula is C16H20N6O2S. The van der Waals surface area contributed by atoms with E-state index in [1.165, 1.54) is 11.0 Å². The van der Waals surface area contributed by atoms with Gasteiger partial charge in [0.05, 0.1) is 17.9 Å². The Morgan fingerprint density at radius 3 is 2.48 bits per heavy atom. The summed E-state index contributed by atoms with van der Waals surface area (Å²) in [4.78, 5) is 4.21. The Kier molecular flexibility index (Phi) is 4.34. The molecule has 0 fully saturated rings. The number of hydrogen-bond donors (Lipinski definition) is 1. The predicted molar refractivity (Wildman–Crippen MR) is 93.8 cm³/mol. The summed E-state index contributed by atoms with van der Waals surface area (Å²) in [5, 5.41) is 8.35. The average molecular weight is 360 g/mol. The number of hydrogen-bond acceptors (Lipinski definition) is 5. The molecule has 0 aliphatic heterocycles. The van der Waals surface area contributed by atoms with E-state index in [0.717, 1.165) is 11.1 Å². The van der Waals surface area contributed by atoms with Gasteiger partial charge in [-0.1, -0.05) is 24.3 Å². The maximum Gasteiger partial charge on any atom is 0.267 e. The minimum absolute atomic E-state index is 0.0382. The van der Waals surface area contributed by atoms with Crippen molar-refractivity contribution in [2.45, 2.75) is 32.2 Å². The molecule has 0 aliphatic carbocycles. The fourth-order valence-corrected chi connectivity index (χ4v) is 4.08. The van der Waals surface area contributed by atoms with Crippen LogP contribution in [-0.2, 0) is 23.6 Å². The summed E-state index contributed by atoms with van der Waals surface area (Å²) in [6.45, 7) is 5.90. The number of nitrogens with zero attached hydrogens (tertiary/aromatic N) is 5. The number of nitrogens with one attached hydrogen (secondary N) is 1. The van der Waals surface area contributed by atoms with Crippen LogP contribution >= 0.6 is 0 Å². The van der Waals surface area contributed by atoms with E-state index in [1.807, 2.05) is 31.2 Å². The lowest BCUT2D eigenvalue weighted by Crippen LogP contribution is -2.16. The molecule has 0 bridgehead atoms. The first kappa shape index (κ1) is 17.2. The summed E-state index contributed by atoms with van der Waals surface area (Å²) in [6, 6.07) is 7.95. The van der Waals surface area contributed by atoms with Gasteiger partial charge >= 0.3 is 0 Å². The molecule has 8 nitrogen and oxygen atoms in total. The number of aromatic nitrogens is 5. The third-order valence-electron chi connectivity index (χ3n) is 4.07. The Morgan fingerprint density at radius 1 is 1.12 bits per heavy atom. The summed E-state index contributed by atoms with van der Waals surface area (Å²) in [5.74, 6) is 0.0382. The summed E-state index contributed by atoms with van der Waals surface area (Å²) < 4.78 is 30.8. The van der Waals surface area contributed by atoms with E-state index in [-0.39, 0.29) is 10.8 Å². The molecule has 0 aliphatic rings. The molecule has 0 saturated heterocycles. The van der Waals surface area contributed by atoms with E-state index in [9.17, 15) is 8.42 Å². The van der Waals surface area contributed by atoms with Crippen molar-refractivity contribution in [3.05, 3.63) is 53.1 Å². The second-order valence-electron chi connectivity index (χ2n) is 5.92. The van der Waals surface area contributed by atoms with Crippen molar-refractivity contribution in [3.63, 3.8) is 0 Å². The van der Waals surface area contributed by atoms with Crippen LogP contribution in [-0.4, -0.2) is 33.0 Å². The summed E-state index contributed by atoms with van der Waals surface area (Å²) in [7, 11) is -2.09. The lowest BCUT2D eigenvalue weighted by Gasteiger charge is -2.06. The van der Waals surface area contributed by atoms with E-state index in [1.54, 1.807) is 25.6 Å². The maximum absolute atomic E-state index is 12.6. The first-order chi connectivity index (χ1) is 11.8. The molecule has 0 saturated carbocycles. The summed E-state index contributed by atoms with van der Waals surface area (Å²) in [5.41, 5.74) is 3.23. The molecule has 1 N–H and O–H groups in total. The molecular weight excluding hydrogens is 340 g/mol. The van der Waals surface area contributed by atoms with E-state index in [4.69, 9.17) is 0 Å². The summed E-state index contributed by atoms with van der Waals surface area (Å²) >= 11 is 0. The van der Waals surface area contributed by atoms with Crippen LogP contribution < -0.4 is 4.72 Å². The van der Waals surface area contributed by atoms with Crippen LogP contribution in [0.25, 0.3) is 0 Å². The van der Waals surface area contributed by atoms with Crippen LogP contribution in [0.1, 0.15) is 22.5 Å². The van der Waals surface area contributed by atoms with Crippen molar-refractivity contribution in [3.8, 4) is 0 Å². The quantitative estimate of drug-likeness (QED) is 0.748. The van der Waals surface area contributed by atoms with Crippen LogP contribution in [0.4, 0.5) is 5.95 Å². The Morgan fingerprint density at radius 2 is 1.84 bits per heavy atom. The highest BCUT2D eigenvalue weighted by Gasteiger charge is 2.25. The topological polar surface area (TPSA) is 94.7 Å². The Bertz CT molecular complexity index is 1020. The predicted octanol–water partition coefficient (Wildman–Crippen LogP) is 1.79. The van der Waals surface area contributed by atoms with Gasteiger partial charge in [0.25, 0.3) is 16.0 Å². The number of aryl methyl sites for hydroxylation is 3. The summed E-state index contributed by atoms with van der Waals surface area (Å²) in [6.07, 6.45) is 1.51. The number of rotatable bonds is 5. The van der Waals surface area contributed by atoms with E-state index in [0.29, 0.717) is 17.9 Å². The second-order valence-corrected chi connectivity index (χ2v) is 7.54. The van der Waals surface area contributed by atoms with Gasteiger partial charge in [0.2, 0.25) is 0 Å². The molecule has 3 rings (SSSR count). The van der Waals surface area contributed by atoms with Gasteiger partial charge in [-0.05, 0) is 31.9 Å². The molecule has 1 aromatic carbocycles. The van der Waals surface area contributed by atoms with E-state index in [2.05, 4.69) is 19.9 Å². The largest absolute Gasteiger partial charge is 0.271 e. The van der Waals surface area contributed by atoms with Crippen molar-refractivity contribution in [2.75, 3.05) is 4.72 Å². The molecule has 132 valence electrons. The highest BCUT2D eigenvalue weighted by Crippen LogP contribution is 2.20. The van der Waals surface area contributed by atoms with Crippen LogP contribution in [0.2, 0.25) is 0 Å². The van der Waals surface area contributed by atoms with E-state index >= 15 is 0 Å². The zero-order valence-corrected chi connectivity index (χ0v) is 15.4. The van der Waals surface area contributed by atoms with Gasteiger partial charge in [0.15, 0.2) is 0 Å². The van der Waals surface area contributed by atoms with Crippen LogP contribution in [0.15, 0.2) is 35.5 Å². The lowest BCUT2D eigenvalue weighted by atomic mass is 10.1. The lowest BCUT2D eigenvalue weighted by molar-refractivity contribution is 0.599. The highest BCUT2D eigenvalue weighted by atomic mass is 32.2. The van der Waals surface area contributed by atoms with Gasteiger partial charge in [0, 0.05) is 7.05 Å². The highest BCUT2D eigenvalue weighted by molar-refractivity contribution is 7.92. The molecule has 3 aromatic rings. The van der Waals surface area contributed by atoms with E-state index < -0.39 is 10.0 Å². The van der Waals surface area contributed by atoms with Gasteiger partial charge in [-0.2, -0.15) is 10.1 Å². The number of benzene rings is 1. The standard InChI is InChI=1S/C16H20N6O2S/c1-11-7-5-6-8-14(11)9-22-10-17-16(19-22)20-25(23,24)15-12(2)18-21(4)13(15)3/h5-8,10H,9H2,1-4H3,(H,19,20). The van der Waals surface area contributed by atoms with Gasteiger partial charge < -0.3 is 0 Å². The zero-order valence-electron chi connectivity index (χ0n) is 14.6. The molecule has 0 atom stereocenters. The van der Waals surface area contributed by atoms with Gasteiger partial charge in [-0.25, -0.2) is 17.8 Å². The minimum atomic E-state index is -3.79. The SMILES string of the molecule is Cc1ccccc1Cn1cnc(NS(=O)(=O)c2c(C)nn(C)c2C)n1. The van der Waals surface area contributed by atoms with Crippen molar-refractivity contribution in [1.82, 2.24) is 24.5 Å². The normalized spacial score (nSPS) is 11.7. The van der Waals surface area contributed by atoms with Crippen molar-refractivity contribution >= 4 is 16.0 Å². The first-order valence-corrected chi connectivity index (χ1v) is 9.23. The molecule has 0 spiro atoms. The maximum atomic E-state index is 12.6. The van der Waals surface area contributed by atoms with Crippen LogP contribution in [0.3, 0.4) is 0 Å².